The van der Waals surface area contributed by atoms with Crippen molar-refractivity contribution in [3.8, 4) is 5.75 Å². The van der Waals surface area contributed by atoms with Crippen molar-refractivity contribution >= 4 is 0 Å². The van der Waals surface area contributed by atoms with Gasteiger partial charge in [0, 0.05) is 24.8 Å². The van der Waals surface area contributed by atoms with E-state index in [9.17, 15) is 5.11 Å². The molecule has 1 aromatic rings. The summed E-state index contributed by atoms with van der Waals surface area (Å²) in [6.07, 6.45) is 4.25. The first-order chi connectivity index (χ1) is 9.58. The van der Waals surface area contributed by atoms with Crippen LogP contribution in [0.2, 0.25) is 0 Å². The van der Waals surface area contributed by atoms with Crippen molar-refractivity contribution in [3.05, 3.63) is 29.3 Å². The normalized spacial score (nSPS) is 21.9. The lowest BCUT2D eigenvalue weighted by Crippen LogP contribution is -2.46. The van der Waals surface area contributed by atoms with Crippen LogP contribution < -0.4 is 5.32 Å². The second kappa shape index (κ2) is 6.59. The Hall–Kier alpha value is -1.06. The monoisotopic (exact) mass is 277 g/mol. The smallest absolute Gasteiger partial charge is 0.120 e. The molecule has 0 aromatic heterocycles. The third-order valence-electron chi connectivity index (χ3n) is 4.60. The number of hydrogen-bond donors (Lipinski definition) is 2. The first-order valence-electron chi connectivity index (χ1n) is 7.74. The van der Waals surface area contributed by atoms with Gasteiger partial charge in [0.05, 0.1) is 5.60 Å². The highest BCUT2D eigenvalue weighted by Gasteiger charge is 2.34. The Morgan fingerprint density at radius 3 is 2.80 bits per heavy atom. The van der Waals surface area contributed by atoms with Crippen molar-refractivity contribution in [2.24, 2.45) is 0 Å². The van der Waals surface area contributed by atoms with E-state index in [0.29, 0.717) is 11.8 Å². The van der Waals surface area contributed by atoms with E-state index in [1.165, 1.54) is 5.56 Å². The Bertz CT molecular complexity index is 441. The predicted molar refractivity (Wildman–Crippen MR) is 82.0 cm³/mol. The van der Waals surface area contributed by atoms with Crippen LogP contribution in [0, 0.1) is 6.92 Å². The second-order valence-corrected chi connectivity index (χ2v) is 5.94. The average molecular weight is 277 g/mol. The molecule has 1 aromatic carbocycles. The summed E-state index contributed by atoms with van der Waals surface area (Å²) in [6.45, 7) is 8.02. The number of phenols is 1. The minimum absolute atomic E-state index is 0.0462. The number of aromatic hydroxyl groups is 1. The second-order valence-electron chi connectivity index (χ2n) is 5.94. The van der Waals surface area contributed by atoms with Crippen molar-refractivity contribution in [2.45, 2.75) is 64.6 Å². The summed E-state index contributed by atoms with van der Waals surface area (Å²) >= 11 is 0. The highest BCUT2D eigenvalue weighted by Crippen LogP contribution is 2.31. The molecule has 112 valence electrons. The molecular weight excluding hydrogens is 250 g/mol. The van der Waals surface area contributed by atoms with Crippen LogP contribution in [0.5, 0.6) is 5.75 Å². The predicted octanol–water partition coefficient (Wildman–Crippen LogP) is 3.53. The standard InChI is InChI=1S/C17H27NO2/c1-4-17(5-2)11-15(8-9-20-17)18-12-14-10-13(3)6-7-16(14)19/h6-7,10,15,18-19H,4-5,8-9,11-12H2,1-3H3. The fraction of sp³-hybridized carbons (Fsp3) is 0.647. The minimum atomic E-state index is 0.0462. The molecule has 3 nitrogen and oxygen atoms in total. The van der Waals surface area contributed by atoms with Gasteiger partial charge in [0.2, 0.25) is 0 Å². The van der Waals surface area contributed by atoms with Gasteiger partial charge in [-0.25, -0.2) is 0 Å². The Kier molecular flexibility index (Phi) is 5.06. The number of hydrogen-bond acceptors (Lipinski definition) is 3. The van der Waals surface area contributed by atoms with Crippen LogP contribution in [-0.2, 0) is 11.3 Å². The lowest BCUT2D eigenvalue weighted by Gasteiger charge is -2.40. The maximum absolute atomic E-state index is 9.89. The molecule has 1 unspecified atom stereocenters. The first-order valence-corrected chi connectivity index (χ1v) is 7.74. The quantitative estimate of drug-likeness (QED) is 0.865. The number of aryl methyl sites for hydroxylation is 1. The number of benzene rings is 1. The average Bonchev–Trinajstić information content (AvgIpc) is 2.48. The highest BCUT2D eigenvalue weighted by molar-refractivity contribution is 5.35. The Labute approximate surface area is 122 Å². The molecule has 0 bridgehead atoms. The third kappa shape index (κ3) is 3.53. The van der Waals surface area contributed by atoms with Crippen molar-refractivity contribution in [1.29, 1.82) is 0 Å². The molecule has 2 N–H and O–H groups in total. The van der Waals surface area contributed by atoms with Crippen LogP contribution in [0.15, 0.2) is 18.2 Å². The molecule has 0 amide bonds. The van der Waals surface area contributed by atoms with E-state index in [0.717, 1.165) is 44.4 Å². The fourth-order valence-electron chi connectivity index (χ4n) is 3.05. The summed E-state index contributed by atoms with van der Waals surface area (Å²) < 4.78 is 6.00. The number of rotatable bonds is 5. The van der Waals surface area contributed by atoms with Gasteiger partial charge in [0.1, 0.15) is 5.75 Å². The molecule has 0 aliphatic carbocycles. The Balaban J connectivity index is 1.95. The van der Waals surface area contributed by atoms with Gasteiger partial charge >= 0.3 is 0 Å². The molecule has 20 heavy (non-hydrogen) atoms. The van der Waals surface area contributed by atoms with Crippen molar-refractivity contribution in [1.82, 2.24) is 5.32 Å². The molecular formula is C17H27NO2. The summed E-state index contributed by atoms with van der Waals surface area (Å²) in [4.78, 5) is 0. The van der Waals surface area contributed by atoms with Gasteiger partial charge in [0.25, 0.3) is 0 Å². The molecule has 2 rings (SSSR count). The van der Waals surface area contributed by atoms with E-state index in [-0.39, 0.29) is 5.60 Å². The maximum atomic E-state index is 9.89. The van der Waals surface area contributed by atoms with E-state index in [1.54, 1.807) is 6.07 Å². The summed E-state index contributed by atoms with van der Waals surface area (Å²) in [5, 5.41) is 13.5. The van der Waals surface area contributed by atoms with Crippen LogP contribution in [0.4, 0.5) is 0 Å². The van der Waals surface area contributed by atoms with Gasteiger partial charge in [0.15, 0.2) is 0 Å². The molecule has 1 heterocycles. The molecule has 0 saturated carbocycles. The molecule has 1 saturated heterocycles. The van der Waals surface area contributed by atoms with Crippen LogP contribution in [-0.4, -0.2) is 23.4 Å². The SMILES string of the molecule is CCC1(CC)CC(NCc2cc(C)ccc2O)CCO1. The molecule has 0 radical (unpaired) electrons. The summed E-state index contributed by atoms with van der Waals surface area (Å²) in [5.41, 5.74) is 2.21. The van der Waals surface area contributed by atoms with Gasteiger partial charge in [-0.05, 0) is 38.7 Å². The van der Waals surface area contributed by atoms with E-state index in [2.05, 4.69) is 32.2 Å². The Morgan fingerprint density at radius 1 is 1.35 bits per heavy atom. The summed E-state index contributed by atoms with van der Waals surface area (Å²) in [5.74, 6) is 0.382. The molecule has 1 fully saturated rings. The Morgan fingerprint density at radius 2 is 2.10 bits per heavy atom. The zero-order chi connectivity index (χ0) is 14.6. The minimum Gasteiger partial charge on any atom is -0.508 e. The fourth-order valence-corrected chi connectivity index (χ4v) is 3.05. The van der Waals surface area contributed by atoms with E-state index >= 15 is 0 Å². The largest absolute Gasteiger partial charge is 0.508 e. The van der Waals surface area contributed by atoms with E-state index in [1.807, 2.05) is 6.07 Å². The zero-order valence-corrected chi connectivity index (χ0v) is 12.9. The lowest BCUT2D eigenvalue weighted by molar-refractivity contribution is -0.0932. The lowest BCUT2D eigenvalue weighted by atomic mass is 9.86. The summed E-state index contributed by atoms with van der Waals surface area (Å²) in [7, 11) is 0. The van der Waals surface area contributed by atoms with Crippen molar-refractivity contribution in [2.75, 3.05) is 6.61 Å². The number of phenolic OH excluding ortho intramolecular Hbond substituents is 1. The number of ether oxygens (including phenoxy) is 1. The van der Waals surface area contributed by atoms with Crippen LogP contribution >= 0.6 is 0 Å². The van der Waals surface area contributed by atoms with Crippen LogP contribution in [0.25, 0.3) is 0 Å². The molecule has 1 aliphatic heterocycles. The van der Waals surface area contributed by atoms with Gasteiger partial charge < -0.3 is 15.2 Å². The van der Waals surface area contributed by atoms with Crippen molar-refractivity contribution in [3.63, 3.8) is 0 Å². The van der Waals surface area contributed by atoms with Gasteiger partial charge in [-0.3, -0.25) is 0 Å². The first kappa shape index (κ1) is 15.3. The van der Waals surface area contributed by atoms with Gasteiger partial charge in [-0.2, -0.15) is 0 Å². The van der Waals surface area contributed by atoms with Crippen molar-refractivity contribution < 1.29 is 9.84 Å². The van der Waals surface area contributed by atoms with Gasteiger partial charge in [-0.1, -0.05) is 31.5 Å². The maximum Gasteiger partial charge on any atom is 0.120 e. The zero-order valence-electron chi connectivity index (χ0n) is 12.9. The highest BCUT2D eigenvalue weighted by atomic mass is 16.5. The van der Waals surface area contributed by atoms with Gasteiger partial charge in [-0.15, -0.1) is 0 Å². The van der Waals surface area contributed by atoms with E-state index in [4.69, 9.17) is 4.74 Å². The molecule has 1 aliphatic rings. The number of nitrogens with one attached hydrogen (secondary N) is 1. The topological polar surface area (TPSA) is 41.5 Å². The summed E-state index contributed by atoms with van der Waals surface area (Å²) in [6, 6.07) is 6.24. The molecule has 0 spiro atoms. The van der Waals surface area contributed by atoms with Crippen LogP contribution in [0.3, 0.4) is 0 Å². The van der Waals surface area contributed by atoms with Crippen LogP contribution in [0.1, 0.15) is 50.7 Å². The molecule has 1 atom stereocenters. The van der Waals surface area contributed by atoms with E-state index < -0.39 is 0 Å². The third-order valence-corrected chi connectivity index (χ3v) is 4.60. The molecule has 3 heteroatoms.